The van der Waals surface area contributed by atoms with Gasteiger partial charge in [0.15, 0.2) is 0 Å². The van der Waals surface area contributed by atoms with Crippen LogP contribution in [0.3, 0.4) is 0 Å². The molecule has 22 heavy (non-hydrogen) atoms. The van der Waals surface area contributed by atoms with E-state index in [1.165, 1.54) is 18.2 Å². The number of hydrogen-bond donors (Lipinski definition) is 2. The van der Waals surface area contributed by atoms with Crippen molar-refractivity contribution in [1.29, 1.82) is 0 Å². The first kappa shape index (κ1) is 18.5. The van der Waals surface area contributed by atoms with E-state index >= 15 is 0 Å². The lowest BCUT2D eigenvalue weighted by Gasteiger charge is -2.12. The molecule has 0 saturated heterocycles. The molecule has 0 aliphatic carbocycles. The van der Waals surface area contributed by atoms with Gasteiger partial charge in [0.25, 0.3) is 0 Å². The summed E-state index contributed by atoms with van der Waals surface area (Å²) in [6.45, 7) is 3.64. The highest BCUT2D eigenvalue weighted by molar-refractivity contribution is 8.01. The van der Waals surface area contributed by atoms with Gasteiger partial charge in [-0.15, -0.1) is 11.8 Å². The number of thioether (sulfide) groups is 1. The minimum Gasteiger partial charge on any atom is -0.465 e. The van der Waals surface area contributed by atoms with E-state index in [4.69, 9.17) is 9.88 Å². The Bertz CT molecular complexity index is 646. The van der Waals surface area contributed by atoms with Crippen molar-refractivity contribution in [3.8, 4) is 0 Å². The van der Waals surface area contributed by atoms with Gasteiger partial charge < -0.3 is 10.1 Å². The Balaban J connectivity index is 2.63. The van der Waals surface area contributed by atoms with E-state index in [0.717, 1.165) is 11.8 Å². The van der Waals surface area contributed by atoms with Crippen LogP contribution in [0.1, 0.15) is 13.8 Å². The SMILES string of the molecule is CCOC(=O)CS[C@H](C)C(=O)Nc1cccc(S(N)(=O)=O)c1. The summed E-state index contributed by atoms with van der Waals surface area (Å²) in [7, 11) is -3.83. The van der Waals surface area contributed by atoms with Crippen molar-refractivity contribution in [1.82, 2.24) is 0 Å². The van der Waals surface area contributed by atoms with Gasteiger partial charge in [-0.1, -0.05) is 6.07 Å². The minimum atomic E-state index is -3.83. The number of nitrogens with one attached hydrogen (secondary N) is 1. The number of esters is 1. The molecular weight excluding hydrogens is 328 g/mol. The third kappa shape index (κ3) is 6.04. The monoisotopic (exact) mass is 346 g/mol. The Kier molecular flexibility index (Phi) is 6.85. The molecule has 7 nitrogen and oxygen atoms in total. The summed E-state index contributed by atoms with van der Waals surface area (Å²) in [6, 6.07) is 5.64. The van der Waals surface area contributed by atoms with Crippen molar-refractivity contribution in [2.24, 2.45) is 5.14 Å². The van der Waals surface area contributed by atoms with E-state index in [2.05, 4.69) is 5.32 Å². The second-order valence-corrected chi connectivity index (χ2v) is 7.21. The number of rotatable bonds is 7. The summed E-state index contributed by atoms with van der Waals surface area (Å²) in [5.41, 5.74) is 0.320. The summed E-state index contributed by atoms with van der Waals surface area (Å²) in [5.74, 6) is -0.663. The van der Waals surface area contributed by atoms with E-state index < -0.39 is 15.3 Å². The van der Waals surface area contributed by atoms with E-state index in [9.17, 15) is 18.0 Å². The molecule has 1 amide bonds. The maximum atomic E-state index is 12.0. The number of benzene rings is 1. The number of carbonyl (C=O) groups is 2. The molecule has 1 rings (SSSR count). The van der Waals surface area contributed by atoms with Gasteiger partial charge in [-0.05, 0) is 32.0 Å². The second-order valence-electron chi connectivity index (χ2n) is 4.32. The lowest BCUT2D eigenvalue weighted by molar-refractivity contribution is -0.139. The highest BCUT2D eigenvalue weighted by Crippen LogP contribution is 2.17. The normalized spacial score (nSPS) is 12.5. The van der Waals surface area contributed by atoms with Crippen LogP contribution in [0.2, 0.25) is 0 Å². The highest BCUT2D eigenvalue weighted by atomic mass is 32.2. The summed E-state index contributed by atoms with van der Waals surface area (Å²) in [5, 5.41) is 7.11. The predicted molar refractivity (Wildman–Crippen MR) is 85.0 cm³/mol. The Morgan fingerprint density at radius 2 is 2.09 bits per heavy atom. The number of ether oxygens (including phenoxy) is 1. The van der Waals surface area contributed by atoms with Crippen LogP contribution < -0.4 is 10.5 Å². The van der Waals surface area contributed by atoms with Gasteiger partial charge in [-0.3, -0.25) is 9.59 Å². The van der Waals surface area contributed by atoms with Crippen LogP contribution in [0.5, 0.6) is 0 Å². The van der Waals surface area contributed by atoms with Crippen molar-refractivity contribution in [2.75, 3.05) is 17.7 Å². The van der Waals surface area contributed by atoms with Gasteiger partial charge in [0.05, 0.1) is 22.5 Å². The molecule has 0 spiro atoms. The van der Waals surface area contributed by atoms with E-state index in [0.29, 0.717) is 12.3 Å². The molecule has 1 aromatic carbocycles. The zero-order valence-electron chi connectivity index (χ0n) is 12.2. The van der Waals surface area contributed by atoms with Crippen LogP contribution in [-0.4, -0.2) is 37.9 Å². The molecule has 0 heterocycles. The zero-order valence-corrected chi connectivity index (χ0v) is 13.9. The van der Waals surface area contributed by atoms with Gasteiger partial charge in [0.1, 0.15) is 0 Å². The number of carbonyl (C=O) groups excluding carboxylic acids is 2. The topological polar surface area (TPSA) is 116 Å². The Morgan fingerprint density at radius 1 is 1.41 bits per heavy atom. The van der Waals surface area contributed by atoms with E-state index in [-0.39, 0.29) is 22.5 Å². The average Bonchev–Trinajstić information content (AvgIpc) is 2.44. The van der Waals surface area contributed by atoms with Gasteiger partial charge >= 0.3 is 5.97 Å². The second kappa shape index (κ2) is 8.16. The standard InChI is InChI=1S/C13H18N2O5S2/c1-3-20-12(16)8-21-9(2)13(17)15-10-5-4-6-11(7-10)22(14,18)19/h4-7,9H,3,8H2,1-2H3,(H,15,17)(H2,14,18,19)/t9-/m1/s1. The number of anilines is 1. The van der Waals surface area contributed by atoms with Gasteiger partial charge in [0, 0.05) is 5.69 Å². The summed E-state index contributed by atoms with van der Waals surface area (Å²) in [4.78, 5) is 23.1. The number of nitrogens with two attached hydrogens (primary N) is 1. The van der Waals surface area contributed by atoms with Crippen LogP contribution in [0.4, 0.5) is 5.69 Å². The van der Waals surface area contributed by atoms with Crippen molar-refractivity contribution in [2.45, 2.75) is 24.0 Å². The summed E-state index contributed by atoms with van der Waals surface area (Å²) >= 11 is 1.13. The maximum absolute atomic E-state index is 12.0. The molecule has 0 aliphatic rings. The van der Waals surface area contributed by atoms with Crippen LogP contribution in [0, 0.1) is 0 Å². The average molecular weight is 346 g/mol. The van der Waals surface area contributed by atoms with Crippen molar-refractivity contribution < 1.29 is 22.7 Å². The Morgan fingerprint density at radius 3 is 2.68 bits per heavy atom. The number of amides is 1. The molecular formula is C13H18N2O5S2. The van der Waals surface area contributed by atoms with Crippen LogP contribution in [0.25, 0.3) is 0 Å². The third-order valence-corrected chi connectivity index (χ3v) is 4.58. The van der Waals surface area contributed by atoms with E-state index in [1.54, 1.807) is 19.9 Å². The predicted octanol–water partition coefficient (Wildman–Crippen LogP) is 0.957. The lowest BCUT2D eigenvalue weighted by Crippen LogP contribution is -2.24. The van der Waals surface area contributed by atoms with Crippen LogP contribution in [0.15, 0.2) is 29.2 Å². The number of sulfonamides is 1. The number of primary sulfonamides is 1. The van der Waals surface area contributed by atoms with Crippen molar-refractivity contribution >= 4 is 39.3 Å². The Hall–Kier alpha value is -1.58. The molecule has 0 fully saturated rings. The quantitative estimate of drug-likeness (QED) is 0.710. The number of hydrogen-bond acceptors (Lipinski definition) is 6. The smallest absolute Gasteiger partial charge is 0.315 e. The van der Waals surface area contributed by atoms with Crippen LogP contribution in [-0.2, 0) is 24.3 Å². The zero-order chi connectivity index (χ0) is 16.8. The van der Waals surface area contributed by atoms with Crippen LogP contribution >= 0.6 is 11.8 Å². The molecule has 0 aliphatic heterocycles. The molecule has 3 N–H and O–H groups in total. The molecule has 1 aromatic rings. The fourth-order valence-electron chi connectivity index (χ4n) is 1.47. The van der Waals surface area contributed by atoms with Gasteiger partial charge in [-0.25, -0.2) is 13.6 Å². The molecule has 9 heteroatoms. The summed E-state index contributed by atoms with van der Waals surface area (Å²) < 4.78 is 27.3. The molecule has 0 radical (unpaired) electrons. The molecule has 122 valence electrons. The highest BCUT2D eigenvalue weighted by Gasteiger charge is 2.16. The lowest BCUT2D eigenvalue weighted by atomic mass is 10.3. The molecule has 0 bridgehead atoms. The first-order valence-electron chi connectivity index (χ1n) is 6.45. The molecule has 0 saturated carbocycles. The fraction of sp³-hybridized carbons (Fsp3) is 0.385. The van der Waals surface area contributed by atoms with Gasteiger partial charge in [-0.2, -0.15) is 0 Å². The van der Waals surface area contributed by atoms with Gasteiger partial charge in [0.2, 0.25) is 15.9 Å². The largest absolute Gasteiger partial charge is 0.465 e. The Labute approximate surface area is 133 Å². The first-order chi connectivity index (χ1) is 10.2. The summed E-state index contributed by atoms with van der Waals surface area (Å²) in [6.07, 6.45) is 0. The van der Waals surface area contributed by atoms with E-state index in [1.807, 2.05) is 0 Å². The third-order valence-electron chi connectivity index (χ3n) is 2.56. The fourth-order valence-corrected chi connectivity index (χ4v) is 2.71. The molecule has 0 aromatic heterocycles. The molecule has 1 atom stereocenters. The van der Waals surface area contributed by atoms with Crippen molar-refractivity contribution in [3.05, 3.63) is 24.3 Å². The minimum absolute atomic E-state index is 0.0691. The maximum Gasteiger partial charge on any atom is 0.315 e. The van der Waals surface area contributed by atoms with Crippen molar-refractivity contribution in [3.63, 3.8) is 0 Å². The molecule has 0 unspecified atom stereocenters. The first-order valence-corrected chi connectivity index (χ1v) is 9.04.